The molecule has 0 aliphatic rings. The van der Waals surface area contributed by atoms with Crippen LogP contribution >= 0.6 is 0 Å². The largest absolute Gasteiger partial charge is 0.495 e. The van der Waals surface area contributed by atoms with Crippen molar-refractivity contribution < 1.29 is 4.74 Å². The first-order valence-corrected chi connectivity index (χ1v) is 8.11. The third-order valence-electron chi connectivity index (χ3n) is 3.69. The molecule has 1 unspecified atom stereocenters. The van der Waals surface area contributed by atoms with Gasteiger partial charge in [-0.25, -0.2) is 0 Å². The Morgan fingerprint density at radius 3 is 2.43 bits per heavy atom. The molecular weight excluding hydrogens is 260 g/mol. The zero-order valence-electron chi connectivity index (χ0n) is 13.4. The molecule has 116 valence electrons. The fraction of sp³-hybridized carbons (Fsp3) is 0.611. The first-order valence-electron chi connectivity index (χ1n) is 8.11. The molecule has 0 spiro atoms. The van der Waals surface area contributed by atoms with Crippen LogP contribution in [0.2, 0.25) is 0 Å². The summed E-state index contributed by atoms with van der Waals surface area (Å²) in [6, 6.07) is 9.95. The Hall–Kier alpha value is -1.69. The summed E-state index contributed by atoms with van der Waals surface area (Å²) in [4.78, 5) is 0. The van der Waals surface area contributed by atoms with E-state index in [0.29, 0.717) is 0 Å². The van der Waals surface area contributed by atoms with Crippen molar-refractivity contribution in [1.82, 2.24) is 0 Å². The van der Waals surface area contributed by atoms with Crippen molar-refractivity contribution in [3.63, 3.8) is 0 Å². The lowest BCUT2D eigenvalue weighted by atomic mass is 10.1. The maximum Gasteiger partial charge on any atom is 0.141 e. The van der Waals surface area contributed by atoms with Gasteiger partial charge in [-0.3, -0.25) is 0 Å². The van der Waals surface area contributed by atoms with Gasteiger partial charge in [0.2, 0.25) is 0 Å². The van der Waals surface area contributed by atoms with Gasteiger partial charge in [-0.1, -0.05) is 64.0 Å². The number of rotatable bonds is 11. The van der Waals surface area contributed by atoms with Crippen LogP contribution in [0.25, 0.3) is 0 Å². The number of unbranched alkanes of at least 4 members (excludes halogenated alkanes) is 6. The van der Waals surface area contributed by atoms with Crippen LogP contribution in [0.3, 0.4) is 0 Å². The van der Waals surface area contributed by atoms with E-state index < -0.39 is 0 Å². The lowest BCUT2D eigenvalue weighted by Crippen LogP contribution is -2.17. The van der Waals surface area contributed by atoms with E-state index in [9.17, 15) is 5.26 Å². The average Bonchev–Trinajstić information content (AvgIpc) is 2.53. The van der Waals surface area contributed by atoms with Crippen molar-refractivity contribution >= 4 is 5.69 Å². The Labute approximate surface area is 129 Å². The Balaban J connectivity index is 2.27. The molecule has 3 heteroatoms. The number of para-hydroxylation sites is 2. The number of anilines is 1. The number of nitrogens with zero attached hydrogens (tertiary/aromatic N) is 1. The third kappa shape index (κ3) is 7.04. The topological polar surface area (TPSA) is 45.0 Å². The summed E-state index contributed by atoms with van der Waals surface area (Å²) in [5.41, 5.74) is 0.898. The molecule has 21 heavy (non-hydrogen) atoms. The molecular formula is C18H28N2O. The van der Waals surface area contributed by atoms with Gasteiger partial charge >= 0.3 is 0 Å². The predicted octanol–water partition coefficient (Wildman–Crippen LogP) is 5.14. The van der Waals surface area contributed by atoms with Gasteiger partial charge in [-0.2, -0.15) is 5.26 Å². The van der Waals surface area contributed by atoms with Crippen molar-refractivity contribution in [2.24, 2.45) is 0 Å². The second-order valence-corrected chi connectivity index (χ2v) is 5.44. The molecule has 3 nitrogen and oxygen atoms in total. The van der Waals surface area contributed by atoms with E-state index in [1.807, 2.05) is 24.3 Å². The Bertz CT molecular complexity index is 425. The molecule has 1 N–H and O–H groups in total. The van der Waals surface area contributed by atoms with Crippen LogP contribution in [0.15, 0.2) is 24.3 Å². The molecule has 1 rings (SSSR count). The minimum absolute atomic E-state index is 0.142. The number of ether oxygens (including phenoxy) is 1. The fourth-order valence-corrected chi connectivity index (χ4v) is 2.43. The summed E-state index contributed by atoms with van der Waals surface area (Å²) in [6.07, 6.45) is 9.80. The maximum atomic E-state index is 9.27. The van der Waals surface area contributed by atoms with E-state index in [2.05, 4.69) is 18.3 Å². The van der Waals surface area contributed by atoms with Crippen LogP contribution < -0.4 is 10.1 Å². The summed E-state index contributed by atoms with van der Waals surface area (Å²) >= 11 is 0. The Morgan fingerprint density at radius 1 is 1.10 bits per heavy atom. The highest BCUT2D eigenvalue weighted by atomic mass is 16.5. The molecule has 0 heterocycles. The number of nitriles is 1. The summed E-state index contributed by atoms with van der Waals surface area (Å²) in [5, 5.41) is 12.5. The van der Waals surface area contributed by atoms with Gasteiger partial charge in [0, 0.05) is 0 Å². The van der Waals surface area contributed by atoms with Gasteiger partial charge in [0.15, 0.2) is 0 Å². The van der Waals surface area contributed by atoms with E-state index in [1.165, 1.54) is 38.5 Å². The second kappa shape index (κ2) is 11.0. The van der Waals surface area contributed by atoms with Crippen LogP contribution in [0.5, 0.6) is 5.75 Å². The van der Waals surface area contributed by atoms with E-state index in [0.717, 1.165) is 24.3 Å². The number of benzene rings is 1. The van der Waals surface area contributed by atoms with Crippen molar-refractivity contribution in [3.8, 4) is 11.8 Å². The standard InChI is InChI=1S/C18H28N2O/c1-3-4-5-6-7-8-9-12-16(15-19)20-17-13-10-11-14-18(17)21-2/h10-11,13-14,16,20H,3-9,12H2,1-2H3. The highest BCUT2D eigenvalue weighted by molar-refractivity contribution is 5.57. The van der Waals surface area contributed by atoms with Gasteiger partial charge in [-0.15, -0.1) is 0 Å². The lowest BCUT2D eigenvalue weighted by molar-refractivity contribution is 0.416. The molecule has 1 aromatic carbocycles. The molecule has 0 fully saturated rings. The molecule has 0 bridgehead atoms. The third-order valence-corrected chi connectivity index (χ3v) is 3.69. The molecule has 1 atom stereocenters. The first-order chi connectivity index (χ1) is 10.3. The van der Waals surface area contributed by atoms with Crippen LogP contribution in [-0.2, 0) is 0 Å². The Morgan fingerprint density at radius 2 is 1.76 bits per heavy atom. The quantitative estimate of drug-likeness (QED) is 0.573. The minimum Gasteiger partial charge on any atom is -0.495 e. The normalized spacial score (nSPS) is 11.7. The van der Waals surface area contributed by atoms with Crippen LogP contribution in [0.4, 0.5) is 5.69 Å². The molecule has 0 aliphatic carbocycles. The molecule has 0 amide bonds. The molecule has 0 saturated heterocycles. The van der Waals surface area contributed by atoms with E-state index in [-0.39, 0.29) is 6.04 Å². The molecule has 0 saturated carbocycles. The summed E-state index contributed by atoms with van der Waals surface area (Å²) in [7, 11) is 1.65. The highest BCUT2D eigenvalue weighted by Gasteiger charge is 2.09. The van der Waals surface area contributed by atoms with Crippen LogP contribution in [0, 0.1) is 11.3 Å². The SMILES string of the molecule is CCCCCCCCCC(C#N)Nc1ccccc1OC. The summed E-state index contributed by atoms with van der Waals surface area (Å²) < 4.78 is 5.30. The maximum absolute atomic E-state index is 9.27. The van der Waals surface area contributed by atoms with Crippen molar-refractivity contribution in [3.05, 3.63) is 24.3 Å². The highest BCUT2D eigenvalue weighted by Crippen LogP contribution is 2.24. The minimum atomic E-state index is -0.142. The number of nitrogens with one attached hydrogen (secondary N) is 1. The van der Waals surface area contributed by atoms with Crippen LogP contribution in [-0.4, -0.2) is 13.2 Å². The number of hydrogen-bond donors (Lipinski definition) is 1. The van der Waals surface area contributed by atoms with Gasteiger partial charge in [0.1, 0.15) is 11.8 Å². The molecule has 0 radical (unpaired) electrons. The predicted molar refractivity (Wildman–Crippen MR) is 88.6 cm³/mol. The molecule has 1 aromatic rings. The van der Waals surface area contributed by atoms with E-state index in [4.69, 9.17) is 4.74 Å². The van der Waals surface area contributed by atoms with Crippen molar-refractivity contribution in [1.29, 1.82) is 5.26 Å². The number of methoxy groups -OCH3 is 1. The fourth-order valence-electron chi connectivity index (χ4n) is 2.43. The average molecular weight is 288 g/mol. The molecule has 0 aliphatic heterocycles. The second-order valence-electron chi connectivity index (χ2n) is 5.44. The monoisotopic (exact) mass is 288 g/mol. The van der Waals surface area contributed by atoms with Gasteiger partial charge in [0.05, 0.1) is 18.9 Å². The zero-order chi connectivity index (χ0) is 15.3. The smallest absolute Gasteiger partial charge is 0.141 e. The first kappa shape index (κ1) is 17.4. The van der Waals surface area contributed by atoms with Crippen molar-refractivity contribution in [2.45, 2.75) is 64.3 Å². The van der Waals surface area contributed by atoms with Gasteiger partial charge in [-0.05, 0) is 18.6 Å². The number of hydrogen-bond acceptors (Lipinski definition) is 3. The zero-order valence-corrected chi connectivity index (χ0v) is 13.4. The molecule has 0 aromatic heterocycles. The van der Waals surface area contributed by atoms with Gasteiger partial charge in [0.25, 0.3) is 0 Å². The Kier molecular flexibility index (Phi) is 9.11. The summed E-state index contributed by atoms with van der Waals surface area (Å²) in [5.74, 6) is 0.789. The van der Waals surface area contributed by atoms with Crippen molar-refractivity contribution in [2.75, 3.05) is 12.4 Å². The van der Waals surface area contributed by atoms with E-state index in [1.54, 1.807) is 7.11 Å². The van der Waals surface area contributed by atoms with Crippen LogP contribution in [0.1, 0.15) is 58.3 Å². The van der Waals surface area contributed by atoms with Gasteiger partial charge < -0.3 is 10.1 Å². The van der Waals surface area contributed by atoms with E-state index >= 15 is 0 Å². The summed E-state index contributed by atoms with van der Waals surface area (Å²) in [6.45, 7) is 2.24. The lowest BCUT2D eigenvalue weighted by Gasteiger charge is -2.15.